The van der Waals surface area contributed by atoms with Gasteiger partial charge in [-0.1, -0.05) is 48.0 Å². The van der Waals surface area contributed by atoms with Gasteiger partial charge in [-0.3, -0.25) is 0 Å². The number of aliphatic hydroxyl groups is 1. The van der Waals surface area contributed by atoms with Crippen LogP contribution in [0.4, 0.5) is 0 Å². The number of rotatable bonds is 4. The van der Waals surface area contributed by atoms with E-state index in [1.165, 1.54) is 0 Å². The Morgan fingerprint density at radius 2 is 1.68 bits per heavy atom. The Bertz CT molecular complexity index is 574. The van der Waals surface area contributed by atoms with Gasteiger partial charge >= 0.3 is 0 Å². The second-order valence-electron chi connectivity index (χ2n) is 4.12. The molecule has 2 aromatic rings. The van der Waals surface area contributed by atoms with Crippen molar-refractivity contribution in [2.75, 3.05) is 7.11 Å². The molecule has 2 nitrogen and oxygen atoms in total. The number of ether oxygens (including phenoxy) is 1. The van der Waals surface area contributed by atoms with Gasteiger partial charge in [0.15, 0.2) is 0 Å². The molecule has 2 rings (SSSR count). The summed E-state index contributed by atoms with van der Waals surface area (Å²) < 4.78 is 5.11. The Kier molecular flexibility index (Phi) is 4.61. The molecule has 0 aliphatic rings. The van der Waals surface area contributed by atoms with E-state index in [4.69, 9.17) is 21.4 Å². The van der Waals surface area contributed by atoms with E-state index in [0.29, 0.717) is 5.02 Å². The highest BCUT2D eigenvalue weighted by atomic mass is 35.5. The van der Waals surface area contributed by atoms with Crippen LogP contribution < -0.4 is 4.74 Å². The molecule has 0 bridgehead atoms. The van der Waals surface area contributed by atoms with E-state index in [9.17, 15) is 0 Å². The zero-order valence-corrected chi connectivity index (χ0v) is 11.4. The lowest BCUT2D eigenvalue weighted by Gasteiger charge is -2.02. The van der Waals surface area contributed by atoms with E-state index in [0.717, 1.165) is 22.4 Å². The maximum atomic E-state index is 9.05. The molecule has 1 N–H and O–H groups in total. The van der Waals surface area contributed by atoms with Crippen LogP contribution in [0.3, 0.4) is 0 Å². The van der Waals surface area contributed by atoms with Crippen molar-refractivity contribution in [3.8, 4) is 5.75 Å². The predicted molar refractivity (Wildman–Crippen MR) is 79.3 cm³/mol. The van der Waals surface area contributed by atoms with E-state index in [2.05, 4.69) is 0 Å². The molecule has 0 amide bonds. The van der Waals surface area contributed by atoms with Gasteiger partial charge in [0.05, 0.1) is 13.7 Å². The van der Waals surface area contributed by atoms with Crippen molar-refractivity contribution in [1.29, 1.82) is 0 Å². The number of hydrogen-bond acceptors (Lipinski definition) is 2. The molecule has 0 atom stereocenters. The number of halogens is 1. The highest BCUT2D eigenvalue weighted by Gasteiger charge is 1.98. The van der Waals surface area contributed by atoms with Gasteiger partial charge in [0.25, 0.3) is 0 Å². The normalized spacial score (nSPS) is 10.9. The molecule has 0 spiro atoms. The lowest BCUT2D eigenvalue weighted by Crippen LogP contribution is -1.85. The van der Waals surface area contributed by atoms with Crippen molar-refractivity contribution < 1.29 is 9.84 Å². The fraction of sp³-hybridized carbons (Fsp3) is 0.125. The Morgan fingerprint density at radius 1 is 1.05 bits per heavy atom. The third-order valence-electron chi connectivity index (χ3n) is 2.83. The number of hydrogen-bond donors (Lipinski definition) is 1. The monoisotopic (exact) mass is 274 g/mol. The van der Waals surface area contributed by atoms with Crippen molar-refractivity contribution in [2.45, 2.75) is 6.61 Å². The molecular weight excluding hydrogens is 260 g/mol. The number of methoxy groups -OCH3 is 1. The summed E-state index contributed by atoms with van der Waals surface area (Å²) in [7, 11) is 1.65. The first kappa shape index (κ1) is 13.7. The van der Waals surface area contributed by atoms with E-state index < -0.39 is 0 Å². The van der Waals surface area contributed by atoms with Crippen LogP contribution in [0.1, 0.15) is 16.7 Å². The molecule has 2 aromatic carbocycles. The number of benzene rings is 2. The van der Waals surface area contributed by atoms with Gasteiger partial charge in [-0.25, -0.2) is 0 Å². The average Bonchev–Trinajstić information content (AvgIpc) is 2.46. The standard InChI is InChI=1S/C16H15ClO2/c1-19-15-8-5-12(6-9-15)2-3-13-4-7-14(11-18)16(17)10-13/h2-10,18H,11H2,1H3/b3-2+. The van der Waals surface area contributed by atoms with Gasteiger partial charge in [-0.05, 0) is 34.9 Å². The molecular formula is C16H15ClO2. The Labute approximate surface area is 117 Å². The molecule has 0 aliphatic carbocycles. The second kappa shape index (κ2) is 6.41. The van der Waals surface area contributed by atoms with Crippen LogP contribution in [-0.2, 0) is 6.61 Å². The third kappa shape index (κ3) is 3.60. The molecule has 0 heterocycles. The fourth-order valence-electron chi connectivity index (χ4n) is 1.70. The van der Waals surface area contributed by atoms with Gasteiger partial charge in [0.1, 0.15) is 5.75 Å². The van der Waals surface area contributed by atoms with Crippen molar-refractivity contribution in [3.63, 3.8) is 0 Å². The van der Waals surface area contributed by atoms with Crippen LogP contribution in [-0.4, -0.2) is 12.2 Å². The molecule has 0 saturated carbocycles. The number of aliphatic hydroxyl groups excluding tert-OH is 1. The largest absolute Gasteiger partial charge is 0.497 e. The molecule has 19 heavy (non-hydrogen) atoms. The molecule has 0 saturated heterocycles. The van der Waals surface area contributed by atoms with Gasteiger partial charge in [0.2, 0.25) is 0 Å². The SMILES string of the molecule is COc1ccc(/C=C/c2ccc(CO)c(Cl)c2)cc1. The summed E-state index contributed by atoms with van der Waals surface area (Å²) in [6.07, 6.45) is 3.98. The van der Waals surface area contributed by atoms with Crippen molar-refractivity contribution in [3.05, 3.63) is 64.2 Å². The Morgan fingerprint density at radius 3 is 2.26 bits per heavy atom. The summed E-state index contributed by atoms with van der Waals surface area (Å²) >= 11 is 6.04. The smallest absolute Gasteiger partial charge is 0.118 e. The first-order valence-corrected chi connectivity index (χ1v) is 6.32. The molecule has 0 fully saturated rings. The fourth-order valence-corrected chi connectivity index (χ4v) is 1.95. The van der Waals surface area contributed by atoms with E-state index in [1.807, 2.05) is 54.6 Å². The minimum Gasteiger partial charge on any atom is -0.497 e. The average molecular weight is 275 g/mol. The third-order valence-corrected chi connectivity index (χ3v) is 3.18. The van der Waals surface area contributed by atoms with Crippen LogP contribution in [0.25, 0.3) is 12.2 Å². The van der Waals surface area contributed by atoms with Crippen LogP contribution in [0, 0.1) is 0 Å². The topological polar surface area (TPSA) is 29.5 Å². The van der Waals surface area contributed by atoms with Crippen LogP contribution in [0.2, 0.25) is 5.02 Å². The molecule has 0 radical (unpaired) electrons. The predicted octanol–water partition coefficient (Wildman–Crippen LogP) is 4.01. The van der Waals surface area contributed by atoms with Crippen LogP contribution in [0.15, 0.2) is 42.5 Å². The summed E-state index contributed by atoms with van der Waals surface area (Å²) in [5.41, 5.74) is 2.82. The maximum absolute atomic E-state index is 9.05. The van der Waals surface area contributed by atoms with Crippen LogP contribution >= 0.6 is 11.6 Å². The van der Waals surface area contributed by atoms with Crippen molar-refractivity contribution in [1.82, 2.24) is 0 Å². The summed E-state index contributed by atoms with van der Waals surface area (Å²) in [6.45, 7) is -0.0404. The molecule has 3 heteroatoms. The van der Waals surface area contributed by atoms with E-state index >= 15 is 0 Å². The minimum atomic E-state index is -0.0404. The summed E-state index contributed by atoms with van der Waals surface area (Å²) in [6, 6.07) is 13.4. The van der Waals surface area contributed by atoms with Crippen LogP contribution in [0.5, 0.6) is 5.75 Å². The summed E-state index contributed by atoms with van der Waals surface area (Å²) in [5.74, 6) is 0.840. The van der Waals surface area contributed by atoms with Gasteiger partial charge in [0, 0.05) is 5.02 Å². The quantitative estimate of drug-likeness (QED) is 0.854. The molecule has 98 valence electrons. The van der Waals surface area contributed by atoms with E-state index in [-0.39, 0.29) is 6.61 Å². The Hall–Kier alpha value is -1.77. The van der Waals surface area contributed by atoms with Gasteiger partial charge in [-0.2, -0.15) is 0 Å². The summed E-state index contributed by atoms with van der Waals surface area (Å²) in [5, 5.41) is 9.64. The van der Waals surface area contributed by atoms with Crippen molar-refractivity contribution >= 4 is 23.8 Å². The van der Waals surface area contributed by atoms with Crippen molar-refractivity contribution in [2.24, 2.45) is 0 Å². The van der Waals surface area contributed by atoms with Gasteiger partial charge < -0.3 is 9.84 Å². The van der Waals surface area contributed by atoms with Gasteiger partial charge in [-0.15, -0.1) is 0 Å². The maximum Gasteiger partial charge on any atom is 0.118 e. The second-order valence-corrected chi connectivity index (χ2v) is 4.52. The summed E-state index contributed by atoms with van der Waals surface area (Å²) in [4.78, 5) is 0. The lowest BCUT2D eigenvalue weighted by molar-refractivity contribution is 0.282. The first-order valence-electron chi connectivity index (χ1n) is 5.94. The highest BCUT2D eigenvalue weighted by Crippen LogP contribution is 2.20. The molecule has 0 aliphatic heterocycles. The lowest BCUT2D eigenvalue weighted by atomic mass is 10.1. The zero-order chi connectivity index (χ0) is 13.7. The zero-order valence-electron chi connectivity index (χ0n) is 10.6. The molecule has 0 unspecified atom stereocenters. The Balaban J connectivity index is 2.15. The van der Waals surface area contributed by atoms with E-state index in [1.54, 1.807) is 7.11 Å². The first-order chi connectivity index (χ1) is 9.22. The molecule has 0 aromatic heterocycles. The minimum absolute atomic E-state index is 0.0404. The highest BCUT2D eigenvalue weighted by molar-refractivity contribution is 6.31.